The molecule has 5 atom stereocenters. The molecular formula is C29H45NO2S. The van der Waals surface area contributed by atoms with Crippen LogP contribution in [0.1, 0.15) is 58.1 Å². The molecule has 0 saturated heterocycles. The Labute approximate surface area is 206 Å². The van der Waals surface area contributed by atoms with Crippen molar-refractivity contribution in [2.24, 2.45) is 17.8 Å². The average Bonchev–Trinajstić information content (AvgIpc) is 3.24. The molecule has 3 rings (SSSR count). The van der Waals surface area contributed by atoms with Crippen LogP contribution in [0.2, 0.25) is 0 Å². The van der Waals surface area contributed by atoms with Crippen LogP contribution in [0.4, 0.5) is 0 Å². The molecule has 1 aromatic carbocycles. The molecule has 1 saturated carbocycles. The second-order valence-electron chi connectivity index (χ2n) is 10.7. The van der Waals surface area contributed by atoms with Gasteiger partial charge in [-0.15, -0.1) is 0 Å². The van der Waals surface area contributed by atoms with E-state index in [9.17, 15) is 10.2 Å². The van der Waals surface area contributed by atoms with Gasteiger partial charge in [-0.3, -0.25) is 4.90 Å². The summed E-state index contributed by atoms with van der Waals surface area (Å²) in [5, 5.41) is 21.2. The third-order valence-corrected chi connectivity index (χ3v) is 8.50. The lowest BCUT2D eigenvalue weighted by atomic mass is 9.89. The fourth-order valence-electron chi connectivity index (χ4n) is 5.78. The second kappa shape index (κ2) is 12.6. The van der Waals surface area contributed by atoms with Gasteiger partial charge in [0.15, 0.2) is 0 Å². The lowest BCUT2D eigenvalue weighted by Crippen LogP contribution is -2.37. The molecule has 0 amide bonds. The number of rotatable bonds is 12. The van der Waals surface area contributed by atoms with E-state index in [-0.39, 0.29) is 12.0 Å². The number of aliphatic hydroxyl groups is 2. The molecule has 4 heteroatoms. The molecule has 1 aromatic rings. The summed E-state index contributed by atoms with van der Waals surface area (Å²) < 4.78 is 0. The first-order valence-corrected chi connectivity index (χ1v) is 14.0. The van der Waals surface area contributed by atoms with E-state index in [0.29, 0.717) is 30.3 Å². The predicted octanol–water partition coefficient (Wildman–Crippen LogP) is 5.64. The fourth-order valence-corrected chi connectivity index (χ4v) is 6.74. The van der Waals surface area contributed by atoms with Gasteiger partial charge in [0, 0.05) is 30.2 Å². The van der Waals surface area contributed by atoms with Crippen LogP contribution in [0.25, 0.3) is 0 Å². The molecule has 3 nitrogen and oxygen atoms in total. The number of hydrogen-bond donors (Lipinski definition) is 2. The summed E-state index contributed by atoms with van der Waals surface area (Å²) in [6.07, 6.45) is 9.51. The molecule has 184 valence electrons. The molecule has 33 heavy (non-hydrogen) atoms. The summed E-state index contributed by atoms with van der Waals surface area (Å²) >= 11 is 2.06. The molecule has 0 spiro atoms. The van der Waals surface area contributed by atoms with Gasteiger partial charge < -0.3 is 10.2 Å². The largest absolute Gasteiger partial charge is 0.392 e. The number of nitrogens with zero attached hydrogens (tertiary/aromatic N) is 1. The second-order valence-corrected chi connectivity index (χ2v) is 11.8. The number of thioether (sulfide) groups is 1. The quantitative estimate of drug-likeness (QED) is 0.306. The van der Waals surface area contributed by atoms with Crippen LogP contribution in [0.3, 0.4) is 0 Å². The summed E-state index contributed by atoms with van der Waals surface area (Å²) in [7, 11) is 0. The van der Waals surface area contributed by atoms with Crippen LogP contribution < -0.4 is 0 Å². The van der Waals surface area contributed by atoms with Crippen LogP contribution >= 0.6 is 11.8 Å². The van der Waals surface area contributed by atoms with Crippen molar-refractivity contribution in [2.75, 3.05) is 18.1 Å². The normalized spacial score (nSPS) is 26.1. The summed E-state index contributed by atoms with van der Waals surface area (Å²) in [4.78, 5) is 2.57. The zero-order valence-corrected chi connectivity index (χ0v) is 22.1. The van der Waals surface area contributed by atoms with E-state index in [2.05, 4.69) is 81.6 Å². The highest BCUT2D eigenvalue weighted by Gasteiger charge is 2.43. The Morgan fingerprint density at radius 3 is 2.64 bits per heavy atom. The first kappa shape index (κ1) is 26.5. The maximum Gasteiger partial charge on any atom is 0.0761 e. The molecule has 0 bridgehead atoms. The molecule has 0 unspecified atom stereocenters. The van der Waals surface area contributed by atoms with E-state index in [1.54, 1.807) is 5.57 Å². The summed E-state index contributed by atoms with van der Waals surface area (Å²) in [5.41, 5.74) is 3.94. The zero-order valence-electron chi connectivity index (χ0n) is 21.3. The number of aryl methyl sites for hydroxylation is 1. The van der Waals surface area contributed by atoms with Crippen LogP contribution in [0, 0.1) is 24.7 Å². The minimum Gasteiger partial charge on any atom is -0.392 e. The maximum atomic E-state index is 10.6. The van der Waals surface area contributed by atoms with Gasteiger partial charge in [-0.1, -0.05) is 53.6 Å². The smallest absolute Gasteiger partial charge is 0.0761 e. The number of hydrogen-bond acceptors (Lipinski definition) is 4. The van der Waals surface area contributed by atoms with E-state index in [0.717, 1.165) is 24.2 Å². The summed E-state index contributed by atoms with van der Waals surface area (Å²) in [6.45, 7) is 12.4. The Morgan fingerprint density at radius 1 is 1.18 bits per heavy atom. The van der Waals surface area contributed by atoms with Gasteiger partial charge in [0.1, 0.15) is 0 Å². The van der Waals surface area contributed by atoms with E-state index in [1.807, 2.05) is 12.1 Å². The third kappa shape index (κ3) is 7.71. The minimum absolute atomic E-state index is 0.159. The highest BCUT2D eigenvalue weighted by atomic mass is 32.2. The maximum absolute atomic E-state index is 10.6. The van der Waals surface area contributed by atoms with Crippen molar-refractivity contribution in [3.63, 3.8) is 0 Å². The van der Waals surface area contributed by atoms with Crippen molar-refractivity contribution in [2.45, 2.75) is 84.6 Å². The van der Waals surface area contributed by atoms with Crippen molar-refractivity contribution in [3.05, 3.63) is 59.2 Å². The first-order chi connectivity index (χ1) is 15.7. The van der Waals surface area contributed by atoms with Crippen molar-refractivity contribution in [1.82, 2.24) is 4.90 Å². The van der Waals surface area contributed by atoms with E-state index < -0.39 is 6.10 Å². The van der Waals surface area contributed by atoms with Gasteiger partial charge in [0.25, 0.3) is 0 Å². The summed E-state index contributed by atoms with van der Waals surface area (Å²) in [5.74, 6) is 3.48. The molecule has 0 aromatic heterocycles. The van der Waals surface area contributed by atoms with E-state index >= 15 is 0 Å². The lowest BCUT2D eigenvalue weighted by molar-refractivity contribution is 0.140. The van der Waals surface area contributed by atoms with Crippen LogP contribution in [0.5, 0.6) is 0 Å². The topological polar surface area (TPSA) is 43.7 Å². The minimum atomic E-state index is -0.501. The molecule has 1 fully saturated rings. The molecular weight excluding hydrogens is 426 g/mol. The Kier molecular flexibility index (Phi) is 10.1. The zero-order chi connectivity index (χ0) is 24.0. The Morgan fingerprint density at radius 2 is 1.94 bits per heavy atom. The van der Waals surface area contributed by atoms with Crippen molar-refractivity contribution in [3.8, 4) is 0 Å². The van der Waals surface area contributed by atoms with Crippen molar-refractivity contribution in [1.29, 1.82) is 0 Å². The van der Waals surface area contributed by atoms with Gasteiger partial charge in [-0.2, -0.15) is 11.8 Å². The van der Waals surface area contributed by atoms with Gasteiger partial charge in [0.2, 0.25) is 0 Å². The van der Waals surface area contributed by atoms with Gasteiger partial charge in [0.05, 0.1) is 12.2 Å². The fraction of sp³-hybridized carbons (Fsp3) is 0.655. The first-order valence-electron chi connectivity index (χ1n) is 12.9. The number of fused-ring (bicyclic) bond motifs is 1. The van der Waals surface area contributed by atoms with Gasteiger partial charge in [-0.05, 0) is 83.6 Å². The monoisotopic (exact) mass is 471 g/mol. The van der Waals surface area contributed by atoms with Crippen LogP contribution in [-0.2, 0) is 6.42 Å². The number of allylic oxidation sites excluding steroid dienone is 1. The highest BCUT2D eigenvalue weighted by molar-refractivity contribution is 7.99. The average molecular weight is 472 g/mol. The summed E-state index contributed by atoms with van der Waals surface area (Å²) in [6, 6.07) is 9.54. The molecule has 0 radical (unpaired) electrons. The third-order valence-electron chi connectivity index (χ3n) is 7.35. The van der Waals surface area contributed by atoms with Gasteiger partial charge in [-0.25, -0.2) is 0 Å². The molecule has 0 aliphatic heterocycles. The highest BCUT2D eigenvalue weighted by Crippen LogP contribution is 2.47. The molecule has 2 N–H and O–H groups in total. The van der Waals surface area contributed by atoms with Crippen LogP contribution in [-0.4, -0.2) is 57.5 Å². The standard InChI is InChI=1S/C29H45NO2S/c1-20(2)30(21(3)4)12-7-13-33-19-24-15-25-18-29(32)27(28(25)17-24)11-10-26(31)16-23-9-6-8-22(5)14-23/h6,8-11,14-15,20-21,25-29,31-32H,7,12-13,16-19H2,1-5H3/b11-10+/t25-,26-,27+,28-,29+/m0/s1. The molecule has 2 aliphatic carbocycles. The molecule has 0 heterocycles. The number of aliphatic hydroxyl groups excluding tert-OH is 2. The van der Waals surface area contributed by atoms with Crippen molar-refractivity contribution < 1.29 is 10.2 Å². The number of benzene rings is 1. The SMILES string of the molecule is Cc1cccc(C[C@@H](O)/C=C/[C@@H]2[C@H]3CC(CSCCCN(C(C)C)C(C)C)=C[C@H]3C[C@H]2O)c1. The Bertz CT molecular complexity index is 795. The Balaban J connectivity index is 1.43. The van der Waals surface area contributed by atoms with E-state index in [1.165, 1.54) is 24.3 Å². The predicted molar refractivity (Wildman–Crippen MR) is 143 cm³/mol. The van der Waals surface area contributed by atoms with E-state index in [4.69, 9.17) is 0 Å². The van der Waals surface area contributed by atoms with Crippen molar-refractivity contribution >= 4 is 11.8 Å². The molecule has 2 aliphatic rings. The van der Waals surface area contributed by atoms with Crippen LogP contribution in [0.15, 0.2) is 48.1 Å². The lowest BCUT2D eigenvalue weighted by Gasteiger charge is -2.30. The van der Waals surface area contributed by atoms with Gasteiger partial charge >= 0.3 is 0 Å². The Hall–Kier alpha value is -1.07.